The first-order valence-corrected chi connectivity index (χ1v) is 11.2. The number of pyridine rings is 1. The molecule has 0 spiro atoms. The molecule has 0 bridgehead atoms. The smallest absolute Gasteiger partial charge is 0.337 e. The van der Waals surface area contributed by atoms with Gasteiger partial charge in [0, 0.05) is 28.8 Å². The first-order valence-electron chi connectivity index (χ1n) is 10.0. The molecule has 3 rings (SSSR count). The third-order valence-corrected chi connectivity index (χ3v) is 7.31. The number of thioether (sulfide) groups is 1. The quantitative estimate of drug-likeness (QED) is 0.318. The molecule has 1 aromatic heterocycles. The highest BCUT2D eigenvalue weighted by Gasteiger charge is 2.38. The summed E-state index contributed by atoms with van der Waals surface area (Å²) in [6.07, 6.45) is -7.56. The normalized spacial score (nSPS) is 18.0. The van der Waals surface area contributed by atoms with Gasteiger partial charge in [-0.25, -0.2) is 0 Å². The average molecular weight is 511 g/mol. The van der Waals surface area contributed by atoms with E-state index in [1.165, 1.54) is 22.7 Å². The topological polar surface area (TPSA) is 33.2 Å². The van der Waals surface area contributed by atoms with Crippen molar-refractivity contribution in [2.45, 2.75) is 55.2 Å². The summed E-state index contributed by atoms with van der Waals surface area (Å²) < 4.78 is 76.9. The van der Waals surface area contributed by atoms with Gasteiger partial charge in [0.15, 0.2) is 0 Å². The predicted octanol–water partition coefficient (Wildman–Crippen LogP) is 7.08. The molecule has 2 aromatic rings. The number of halogens is 7. The van der Waals surface area contributed by atoms with E-state index in [0.29, 0.717) is 24.1 Å². The van der Waals surface area contributed by atoms with E-state index in [4.69, 9.17) is 11.6 Å². The van der Waals surface area contributed by atoms with Crippen LogP contribution in [0.25, 0.3) is 0 Å². The summed E-state index contributed by atoms with van der Waals surface area (Å²) in [4.78, 5) is 18.5. The van der Waals surface area contributed by atoms with Gasteiger partial charge in [0.1, 0.15) is 0 Å². The molecule has 1 unspecified atom stereocenters. The minimum absolute atomic E-state index is 0.0102. The van der Waals surface area contributed by atoms with Gasteiger partial charge in [-0.3, -0.25) is 9.78 Å². The minimum Gasteiger partial charge on any atom is -0.337 e. The first kappa shape index (κ1) is 25.7. The van der Waals surface area contributed by atoms with Gasteiger partial charge in [-0.2, -0.15) is 26.3 Å². The van der Waals surface area contributed by atoms with Gasteiger partial charge < -0.3 is 4.90 Å². The van der Waals surface area contributed by atoms with E-state index in [1.807, 2.05) is 13.8 Å². The Morgan fingerprint density at radius 2 is 1.76 bits per heavy atom. The van der Waals surface area contributed by atoms with Gasteiger partial charge in [-0.1, -0.05) is 31.5 Å². The van der Waals surface area contributed by atoms with Crippen LogP contribution in [0.3, 0.4) is 0 Å². The summed E-state index contributed by atoms with van der Waals surface area (Å²) in [6, 6.07) is 5.86. The van der Waals surface area contributed by atoms with Crippen LogP contribution in [-0.2, 0) is 23.7 Å². The number of rotatable bonds is 5. The fourth-order valence-corrected chi connectivity index (χ4v) is 5.21. The predicted molar refractivity (Wildman–Crippen MR) is 114 cm³/mol. The molecule has 0 radical (unpaired) electrons. The summed E-state index contributed by atoms with van der Waals surface area (Å²) in [5.41, 5.74) is -1.51. The van der Waals surface area contributed by atoms with Gasteiger partial charge in [-0.05, 0) is 36.6 Å². The lowest BCUT2D eigenvalue weighted by atomic mass is 9.85. The van der Waals surface area contributed by atoms with Crippen molar-refractivity contribution in [3.63, 3.8) is 0 Å². The number of likely N-dealkylation sites (tertiary alicyclic amines) is 1. The highest BCUT2D eigenvalue weighted by molar-refractivity contribution is 8.00. The van der Waals surface area contributed by atoms with E-state index in [2.05, 4.69) is 4.98 Å². The van der Waals surface area contributed by atoms with Crippen LogP contribution in [0.2, 0.25) is 5.02 Å². The second-order valence-electron chi connectivity index (χ2n) is 8.39. The fraction of sp³-hybridized carbons (Fsp3) is 0.455. The van der Waals surface area contributed by atoms with Gasteiger partial charge in [-0.15, -0.1) is 11.8 Å². The van der Waals surface area contributed by atoms with Crippen molar-refractivity contribution in [1.82, 2.24) is 9.88 Å². The third kappa shape index (κ3) is 6.35. The molecule has 3 nitrogen and oxygen atoms in total. The molecule has 1 aromatic carbocycles. The van der Waals surface area contributed by atoms with E-state index in [-0.39, 0.29) is 35.5 Å². The molecule has 11 heteroatoms. The summed E-state index contributed by atoms with van der Waals surface area (Å²) in [6.45, 7) is 4.11. The number of carbonyl (C=O) groups excluding carboxylic acids is 1. The van der Waals surface area contributed by atoms with Crippen LogP contribution >= 0.6 is 23.4 Å². The summed E-state index contributed by atoms with van der Waals surface area (Å²) in [5.74, 6) is -0.307. The number of hydrogen-bond acceptors (Lipinski definition) is 3. The number of hydrogen-bond donors (Lipinski definition) is 0. The molecule has 0 aliphatic carbocycles. The van der Waals surface area contributed by atoms with Crippen molar-refractivity contribution >= 4 is 29.3 Å². The molecule has 0 N–H and O–H groups in total. The van der Waals surface area contributed by atoms with Gasteiger partial charge in [0.2, 0.25) is 5.91 Å². The molecule has 1 fully saturated rings. The zero-order chi connectivity index (χ0) is 24.6. The first-order chi connectivity index (χ1) is 15.2. The second kappa shape index (κ2) is 9.37. The largest absolute Gasteiger partial charge is 0.417 e. The third-order valence-electron chi connectivity index (χ3n) is 5.63. The zero-order valence-corrected chi connectivity index (χ0v) is 19.3. The standard InChI is InChI=1S/C22H21ClF6N2OS/c1-20(2,33-16-5-3-4-14(8-16)21(24,25)26)13-6-7-31(19(32)10-13)12-18-17(23)9-15(11-30-18)22(27,28)29/h3-5,8-9,11,13H,6-7,10,12H2,1-2H3. The Morgan fingerprint density at radius 3 is 2.33 bits per heavy atom. The Labute approximate surface area is 196 Å². The monoisotopic (exact) mass is 510 g/mol. The van der Waals surface area contributed by atoms with E-state index in [9.17, 15) is 31.1 Å². The van der Waals surface area contributed by atoms with Gasteiger partial charge in [0.25, 0.3) is 0 Å². The Kier molecular flexibility index (Phi) is 7.29. The average Bonchev–Trinajstić information content (AvgIpc) is 2.69. The molecule has 2 heterocycles. The van der Waals surface area contributed by atoms with E-state index in [0.717, 1.165) is 18.2 Å². The van der Waals surface area contributed by atoms with E-state index < -0.39 is 28.2 Å². The van der Waals surface area contributed by atoms with E-state index in [1.54, 1.807) is 6.07 Å². The van der Waals surface area contributed by atoms with Crippen molar-refractivity contribution in [1.29, 1.82) is 0 Å². The van der Waals surface area contributed by atoms with Crippen LogP contribution in [0.1, 0.15) is 43.5 Å². The maximum absolute atomic E-state index is 13.0. The molecule has 1 amide bonds. The lowest BCUT2D eigenvalue weighted by Crippen LogP contribution is -2.43. The Hall–Kier alpha value is -1.94. The van der Waals surface area contributed by atoms with Crippen LogP contribution in [0.4, 0.5) is 26.3 Å². The van der Waals surface area contributed by atoms with Crippen molar-refractivity contribution in [3.8, 4) is 0 Å². The highest BCUT2D eigenvalue weighted by atomic mass is 35.5. The van der Waals surface area contributed by atoms with Crippen LogP contribution in [0.5, 0.6) is 0 Å². The fourth-order valence-electron chi connectivity index (χ4n) is 3.68. The van der Waals surface area contributed by atoms with Crippen molar-refractivity contribution in [3.05, 3.63) is 58.4 Å². The van der Waals surface area contributed by atoms with Crippen LogP contribution in [0.15, 0.2) is 41.4 Å². The van der Waals surface area contributed by atoms with Crippen LogP contribution in [0, 0.1) is 5.92 Å². The van der Waals surface area contributed by atoms with Crippen LogP contribution < -0.4 is 0 Å². The molecular weight excluding hydrogens is 490 g/mol. The molecule has 1 saturated heterocycles. The number of aromatic nitrogens is 1. The molecule has 1 atom stereocenters. The summed E-state index contributed by atoms with van der Waals surface area (Å²) in [5, 5.41) is -0.166. The Balaban J connectivity index is 1.65. The van der Waals surface area contributed by atoms with Crippen molar-refractivity contribution < 1.29 is 31.1 Å². The molecular formula is C22H21ClF6N2OS. The maximum Gasteiger partial charge on any atom is 0.417 e. The number of nitrogens with zero attached hydrogens (tertiary/aromatic N) is 2. The number of benzene rings is 1. The lowest BCUT2D eigenvalue weighted by Gasteiger charge is -2.40. The molecule has 180 valence electrons. The minimum atomic E-state index is -4.56. The molecule has 1 aliphatic heterocycles. The van der Waals surface area contributed by atoms with Crippen LogP contribution in [-0.4, -0.2) is 27.1 Å². The number of amides is 1. The lowest BCUT2D eigenvalue weighted by molar-refractivity contribution is -0.138. The summed E-state index contributed by atoms with van der Waals surface area (Å²) >= 11 is 7.24. The number of piperidine rings is 1. The van der Waals surface area contributed by atoms with Gasteiger partial charge >= 0.3 is 12.4 Å². The molecule has 1 aliphatic rings. The van der Waals surface area contributed by atoms with Crippen molar-refractivity contribution in [2.24, 2.45) is 5.92 Å². The Morgan fingerprint density at radius 1 is 1.09 bits per heavy atom. The van der Waals surface area contributed by atoms with Crippen molar-refractivity contribution in [2.75, 3.05) is 6.54 Å². The Bertz CT molecular complexity index is 1020. The second-order valence-corrected chi connectivity index (χ2v) is 10.5. The van der Waals surface area contributed by atoms with Gasteiger partial charge in [0.05, 0.1) is 28.4 Å². The van der Waals surface area contributed by atoms with E-state index >= 15 is 0 Å². The number of carbonyl (C=O) groups is 1. The molecule has 33 heavy (non-hydrogen) atoms. The molecule has 0 saturated carbocycles. The highest BCUT2D eigenvalue weighted by Crippen LogP contribution is 2.44. The maximum atomic E-state index is 13.0. The summed E-state index contributed by atoms with van der Waals surface area (Å²) in [7, 11) is 0. The SMILES string of the molecule is CC(C)(Sc1cccc(C(F)(F)F)c1)C1CCN(Cc2ncc(C(F)(F)F)cc2Cl)C(=O)C1. The zero-order valence-electron chi connectivity index (χ0n) is 17.7. The number of alkyl halides is 6.